The molecule has 2 rings (SSSR count). The lowest BCUT2D eigenvalue weighted by molar-refractivity contribution is -0.142. The highest BCUT2D eigenvalue weighted by molar-refractivity contribution is 8.13. The van der Waals surface area contributed by atoms with Crippen LogP contribution in [0.2, 0.25) is 5.02 Å². The number of thioether (sulfide) groups is 1. The van der Waals surface area contributed by atoms with Crippen LogP contribution in [-0.2, 0) is 16.0 Å². The monoisotopic (exact) mass is 714 g/mol. The van der Waals surface area contributed by atoms with Crippen LogP contribution < -0.4 is 5.69 Å². The molecule has 0 aliphatic rings. The first-order chi connectivity index (χ1) is 19.4. The first-order valence-corrected chi connectivity index (χ1v) is 15.3. The molecule has 0 radical (unpaired) electrons. The first kappa shape index (κ1) is 38.5. The Bertz CT molecular complexity index is 1330. The van der Waals surface area contributed by atoms with E-state index >= 15 is 0 Å². The van der Waals surface area contributed by atoms with E-state index in [2.05, 4.69) is 5.10 Å². The number of rotatable bonds is 10. The topological polar surface area (TPSA) is 86.4 Å². The molecule has 1 unspecified atom stereocenters. The zero-order valence-corrected chi connectivity index (χ0v) is 28.0. The van der Waals surface area contributed by atoms with Crippen LogP contribution in [0.4, 0.5) is 18.0 Å². The third-order valence-electron chi connectivity index (χ3n) is 5.31. The van der Waals surface area contributed by atoms with Gasteiger partial charge >= 0.3 is 18.2 Å². The summed E-state index contributed by atoms with van der Waals surface area (Å²) in [5, 5.41) is 2.80. The van der Waals surface area contributed by atoms with Crippen molar-refractivity contribution in [3.8, 4) is 5.69 Å². The molecule has 0 saturated carbocycles. The van der Waals surface area contributed by atoms with Gasteiger partial charge in [0.05, 0.1) is 11.6 Å². The number of alkyl halides is 3. The Balaban J connectivity index is 0.000000476. The van der Waals surface area contributed by atoms with E-state index in [-0.39, 0.29) is 61.5 Å². The number of hydrogen-bond donors (Lipinski definition) is 0. The Morgan fingerprint density at radius 3 is 2.14 bits per heavy atom. The summed E-state index contributed by atoms with van der Waals surface area (Å²) in [4.78, 5) is 37.4. The molecule has 8 nitrogen and oxygen atoms in total. The van der Waals surface area contributed by atoms with Crippen LogP contribution in [0.3, 0.4) is 0 Å². The van der Waals surface area contributed by atoms with E-state index in [0.717, 1.165) is 23.9 Å². The summed E-state index contributed by atoms with van der Waals surface area (Å²) >= 11 is 29.7. The molecular weight excluding hydrogens is 687 g/mol. The molecular formula is C25H30Cl5F3N4O4S. The van der Waals surface area contributed by atoms with Crippen molar-refractivity contribution in [2.45, 2.75) is 72.0 Å². The molecule has 2 aromatic rings. The maximum Gasteiger partial charge on any atom is 0.355 e. The summed E-state index contributed by atoms with van der Waals surface area (Å²) in [7, 11) is 0. The Kier molecular flexibility index (Phi) is 16.2. The van der Waals surface area contributed by atoms with Gasteiger partial charge in [-0.1, -0.05) is 58.2 Å². The van der Waals surface area contributed by atoms with Gasteiger partial charge in [0.2, 0.25) is 0 Å². The Morgan fingerprint density at radius 2 is 1.69 bits per heavy atom. The minimum Gasteiger partial charge on any atom is -0.465 e. The standard InChI is InChI=1S/C15H14Cl2F3N3O3.C10H16Cl3NOS/c1-3-26-13(24)10(17)4-8-5-12(11(18)6-9(8)16)23-15(25)22(14(19)20)7(2)21-23;1-6(2)14(7(3)4)10(15)16-5-8(11)9(12)13/h5-6,10,14H,3-4H2,1-2H3;6-7H,5H2,1-4H3. The Hall–Kier alpha value is -1.57. The van der Waals surface area contributed by atoms with Crippen molar-refractivity contribution in [1.82, 2.24) is 19.2 Å². The van der Waals surface area contributed by atoms with E-state index in [1.807, 2.05) is 27.7 Å². The fourth-order valence-electron chi connectivity index (χ4n) is 3.54. The predicted molar refractivity (Wildman–Crippen MR) is 163 cm³/mol. The maximum atomic E-state index is 14.2. The van der Waals surface area contributed by atoms with E-state index in [0.29, 0.717) is 15.5 Å². The molecule has 0 spiro atoms. The lowest BCUT2D eigenvalue weighted by Crippen LogP contribution is -2.39. The van der Waals surface area contributed by atoms with Gasteiger partial charge in [0, 0.05) is 29.3 Å². The van der Waals surface area contributed by atoms with Gasteiger partial charge < -0.3 is 9.64 Å². The largest absolute Gasteiger partial charge is 0.465 e. The third kappa shape index (κ3) is 10.9. The minimum atomic E-state index is -3.12. The van der Waals surface area contributed by atoms with Crippen molar-refractivity contribution in [2.75, 3.05) is 12.4 Å². The second kappa shape index (κ2) is 17.7. The van der Waals surface area contributed by atoms with Crippen molar-refractivity contribution >= 4 is 81.0 Å². The summed E-state index contributed by atoms with van der Waals surface area (Å²) in [6.45, 7) is 7.71. The van der Waals surface area contributed by atoms with Crippen LogP contribution in [0.5, 0.6) is 0 Å². The average Bonchev–Trinajstić information content (AvgIpc) is 3.17. The summed E-state index contributed by atoms with van der Waals surface area (Å²) in [6, 6.07) is 2.35. The van der Waals surface area contributed by atoms with Gasteiger partial charge in [-0.15, -0.1) is 16.7 Å². The van der Waals surface area contributed by atoms with E-state index in [9.17, 15) is 27.6 Å². The van der Waals surface area contributed by atoms with Gasteiger partial charge in [-0.2, -0.15) is 13.5 Å². The van der Waals surface area contributed by atoms with Crippen molar-refractivity contribution in [3.63, 3.8) is 0 Å². The normalized spacial score (nSPS) is 11.8. The number of benzene rings is 1. The van der Waals surface area contributed by atoms with E-state index < -0.39 is 29.4 Å². The number of esters is 1. The molecule has 236 valence electrons. The molecule has 1 aromatic carbocycles. The van der Waals surface area contributed by atoms with Crippen LogP contribution in [0, 0.1) is 12.7 Å². The second-order valence-electron chi connectivity index (χ2n) is 9.02. The number of halogens is 8. The quantitative estimate of drug-likeness (QED) is 0.183. The second-order valence-corrected chi connectivity index (χ2v) is 12.3. The minimum absolute atomic E-state index is 0.0160. The molecule has 0 aliphatic carbocycles. The lowest BCUT2D eigenvalue weighted by Gasteiger charge is -2.30. The van der Waals surface area contributed by atoms with Gasteiger partial charge in [0.15, 0.2) is 5.82 Å². The molecule has 0 N–H and O–H groups in total. The van der Waals surface area contributed by atoms with Crippen molar-refractivity contribution in [3.05, 3.63) is 54.4 Å². The molecule has 0 saturated heterocycles. The number of hydrogen-bond acceptors (Lipinski definition) is 6. The van der Waals surface area contributed by atoms with E-state index in [1.165, 1.54) is 6.92 Å². The summed E-state index contributed by atoms with van der Waals surface area (Å²) < 4.78 is 45.5. The van der Waals surface area contributed by atoms with Gasteiger partial charge in [0.25, 0.3) is 5.24 Å². The molecule has 1 heterocycles. The number of amides is 1. The SMILES string of the molecule is CC(C)N(C(=O)SCC(Cl)=C(Cl)Cl)C(C)C.CCOC(=O)C(Cl)Cc1cc(-n2nc(C)n(C(F)F)c2=O)c(F)cc1Cl. The number of nitrogens with zero attached hydrogens (tertiary/aromatic N) is 4. The van der Waals surface area contributed by atoms with Crippen LogP contribution in [0.1, 0.15) is 52.6 Å². The number of aromatic nitrogens is 3. The Morgan fingerprint density at radius 1 is 1.12 bits per heavy atom. The number of carbonyl (C=O) groups is 2. The summed E-state index contributed by atoms with van der Waals surface area (Å²) in [5.74, 6) is -1.62. The molecule has 0 fully saturated rings. The van der Waals surface area contributed by atoms with Gasteiger partial charge in [0.1, 0.15) is 21.4 Å². The number of aryl methyl sites for hydroxylation is 1. The molecule has 0 bridgehead atoms. The highest BCUT2D eigenvalue weighted by Gasteiger charge is 2.24. The van der Waals surface area contributed by atoms with E-state index in [1.54, 1.807) is 11.8 Å². The van der Waals surface area contributed by atoms with Gasteiger partial charge in [-0.25, -0.2) is 13.8 Å². The molecule has 1 atom stereocenters. The zero-order chi connectivity index (χ0) is 32.5. The fraction of sp³-hybridized carbons (Fsp3) is 0.520. The van der Waals surface area contributed by atoms with Crippen LogP contribution >= 0.6 is 69.8 Å². The van der Waals surface area contributed by atoms with Crippen molar-refractivity contribution < 1.29 is 27.5 Å². The predicted octanol–water partition coefficient (Wildman–Crippen LogP) is 8.09. The Labute approximate surface area is 271 Å². The zero-order valence-electron chi connectivity index (χ0n) is 23.4. The van der Waals surface area contributed by atoms with Gasteiger partial charge in [-0.05, 0) is 59.2 Å². The van der Waals surface area contributed by atoms with Crippen LogP contribution in [0.25, 0.3) is 5.69 Å². The van der Waals surface area contributed by atoms with Crippen LogP contribution in [0.15, 0.2) is 26.5 Å². The molecule has 17 heteroatoms. The fourth-order valence-corrected chi connectivity index (χ4v) is 5.42. The lowest BCUT2D eigenvalue weighted by atomic mass is 10.1. The van der Waals surface area contributed by atoms with Crippen molar-refractivity contribution in [1.29, 1.82) is 0 Å². The number of ether oxygens (including phenoxy) is 1. The first-order valence-electron chi connectivity index (χ1n) is 12.3. The molecule has 42 heavy (non-hydrogen) atoms. The maximum absolute atomic E-state index is 14.2. The highest BCUT2D eigenvalue weighted by atomic mass is 35.5. The summed E-state index contributed by atoms with van der Waals surface area (Å²) in [6.07, 6.45) is -0.115. The highest BCUT2D eigenvalue weighted by Crippen LogP contribution is 2.26. The number of carbonyl (C=O) groups excluding carboxylic acids is 2. The van der Waals surface area contributed by atoms with Crippen molar-refractivity contribution in [2.24, 2.45) is 0 Å². The molecule has 1 amide bonds. The van der Waals surface area contributed by atoms with E-state index in [4.69, 9.17) is 62.7 Å². The average molecular weight is 717 g/mol. The molecule has 0 aliphatic heterocycles. The van der Waals surface area contributed by atoms with Gasteiger partial charge in [-0.3, -0.25) is 9.59 Å². The smallest absolute Gasteiger partial charge is 0.355 e. The van der Waals surface area contributed by atoms with Crippen LogP contribution in [-0.4, -0.2) is 60.3 Å². The third-order valence-corrected chi connectivity index (χ3v) is 8.02. The molecule has 1 aromatic heterocycles. The summed E-state index contributed by atoms with van der Waals surface area (Å²) in [5.41, 5.74) is -1.37.